The van der Waals surface area contributed by atoms with Gasteiger partial charge in [0.1, 0.15) is 0 Å². The minimum Gasteiger partial charge on any atom is -0.481 e. The molecule has 2 aliphatic rings. The molecule has 0 spiro atoms. The van der Waals surface area contributed by atoms with Crippen LogP contribution in [0.1, 0.15) is 44.9 Å². The van der Waals surface area contributed by atoms with Gasteiger partial charge in [0.25, 0.3) is 0 Å². The first-order valence-corrected chi connectivity index (χ1v) is 7.84. The fourth-order valence-electron chi connectivity index (χ4n) is 3.48. The summed E-state index contributed by atoms with van der Waals surface area (Å²) < 4.78 is 0. The average molecular weight is 295 g/mol. The highest BCUT2D eigenvalue weighted by atomic mass is 16.4. The van der Waals surface area contributed by atoms with Crippen molar-refractivity contribution in [2.75, 3.05) is 13.2 Å². The molecule has 21 heavy (non-hydrogen) atoms. The molecule has 0 aromatic carbocycles. The molecule has 2 atom stereocenters. The fourth-order valence-corrected chi connectivity index (χ4v) is 3.48. The van der Waals surface area contributed by atoms with Crippen LogP contribution in [0, 0.1) is 17.3 Å². The van der Waals surface area contributed by atoms with Gasteiger partial charge in [0.2, 0.25) is 5.91 Å². The molecule has 0 radical (unpaired) electrons. The van der Waals surface area contributed by atoms with Crippen LogP contribution in [0.3, 0.4) is 0 Å². The van der Waals surface area contributed by atoms with Gasteiger partial charge in [-0.3, -0.25) is 9.59 Å². The minimum atomic E-state index is -0.908. The largest absolute Gasteiger partial charge is 0.481 e. The lowest BCUT2D eigenvalue weighted by Crippen LogP contribution is -2.45. The van der Waals surface area contributed by atoms with Crippen LogP contribution >= 0.6 is 0 Å². The monoisotopic (exact) mass is 295 g/mol. The quantitative estimate of drug-likeness (QED) is 0.674. The molecule has 1 fully saturated rings. The third-order valence-corrected chi connectivity index (χ3v) is 4.97. The SMILES string of the molecule is O=C(O)C1CC=CCC1C(=O)NCC1(CO)CCCCC1. The van der Waals surface area contributed by atoms with E-state index in [4.69, 9.17) is 0 Å². The molecule has 3 N–H and O–H groups in total. The van der Waals surface area contributed by atoms with E-state index in [9.17, 15) is 19.8 Å². The van der Waals surface area contributed by atoms with E-state index in [-0.39, 0.29) is 17.9 Å². The van der Waals surface area contributed by atoms with Crippen molar-refractivity contribution in [1.29, 1.82) is 0 Å². The summed E-state index contributed by atoms with van der Waals surface area (Å²) >= 11 is 0. The molecular formula is C16H25NO4. The van der Waals surface area contributed by atoms with Crippen molar-refractivity contribution in [2.24, 2.45) is 17.3 Å². The van der Waals surface area contributed by atoms with E-state index >= 15 is 0 Å². The van der Waals surface area contributed by atoms with Crippen LogP contribution in [0.4, 0.5) is 0 Å². The molecule has 1 amide bonds. The van der Waals surface area contributed by atoms with Crippen LogP contribution in [0.25, 0.3) is 0 Å². The van der Waals surface area contributed by atoms with Gasteiger partial charge in [-0.25, -0.2) is 0 Å². The van der Waals surface area contributed by atoms with Gasteiger partial charge in [-0.15, -0.1) is 0 Å². The molecule has 0 saturated heterocycles. The molecule has 0 aromatic heterocycles. The van der Waals surface area contributed by atoms with E-state index in [1.807, 2.05) is 12.2 Å². The Morgan fingerprint density at radius 3 is 2.29 bits per heavy atom. The number of amides is 1. The minimum absolute atomic E-state index is 0.0835. The average Bonchev–Trinajstić information content (AvgIpc) is 2.53. The Kier molecular flexibility index (Phi) is 5.39. The third-order valence-electron chi connectivity index (χ3n) is 4.97. The van der Waals surface area contributed by atoms with Crippen LogP contribution in [0.5, 0.6) is 0 Å². The van der Waals surface area contributed by atoms with Crippen molar-refractivity contribution in [3.05, 3.63) is 12.2 Å². The second kappa shape index (κ2) is 7.07. The molecule has 0 aromatic rings. The van der Waals surface area contributed by atoms with Gasteiger partial charge in [0, 0.05) is 12.0 Å². The molecule has 118 valence electrons. The molecule has 1 saturated carbocycles. The highest BCUT2D eigenvalue weighted by Gasteiger charge is 2.36. The topological polar surface area (TPSA) is 86.6 Å². The highest BCUT2D eigenvalue weighted by Crippen LogP contribution is 2.35. The Labute approximate surface area is 125 Å². The van der Waals surface area contributed by atoms with Crippen molar-refractivity contribution in [3.63, 3.8) is 0 Å². The van der Waals surface area contributed by atoms with Gasteiger partial charge in [0.05, 0.1) is 18.4 Å². The zero-order valence-corrected chi connectivity index (χ0v) is 12.4. The Balaban J connectivity index is 1.94. The van der Waals surface area contributed by atoms with Gasteiger partial charge in [0.15, 0.2) is 0 Å². The highest BCUT2D eigenvalue weighted by molar-refractivity contribution is 5.85. The van der Waals surface area contributed by atoms with Crippen molar-refractivity contribution < 1.29 is 19.8 Å². The Morgan fingerprint density at radius 2 is 1.71 bits per heavy atom. The van der Waals surface area contributed by atoms with E-state index < -0.39 is 17.8 Å². The van der Waals surface area contributed by atoms with Crippen LogP contribution in [0.15, 0.2) is 12.2 Å². The lowest BCUT2D eigenvalue weighted by Gasteiger charge is -2.36. The van der Waals surface area contributed by atoms with E-state index in [2.05, 4.69) is 5.32 Å². The number of carboxylic acids is 1. The van der Waals surface area contributed by atoms with Crippen molar-refractivity contribution in [2.45, 2.75) is 44.9 Å². The first kappa shape index (κ1) is 16.0. The normalized spacial score (nSPS) is 28.0. The Hall–Kier alpha value is -1.36. The summed E-state index contributed by atoms with van der Waals surface area (Å²) in [5, 5.41) is 21.8. The number of hydrogen-bond acceptors (Lipinski definition) is 3. The molecule has 5 nitrogen and oxygen atoms in total. The van der Waals surface area contributed by atoms with E-state index in [1.54, 1.807) is 0 Å². The van der Waals surface area contributed by atoms with Gasteiger partial charge >= 0.3 is 5.97 Å². The lowest BCUT2D eigenvalue weighted by atomic mass is 9.74. The smallest absolute Gasteiger partial charge is 0.307 e. The molecular weight excluding hydrogens is 270 g/mol. The number of aliphatic hydroxyl groups is 1. The predicted molar refractivity (Wildman–Crippen MR) is 78.6 cm³/mol. The summed E-state index contributed by atoms with van der Waals surface area (Å²) in [5.41, 5.74) is -0.211. The van der Waals surface area contributed by atoms with Crippen molar-refractivity contribution in [1.82, 2.24) is 5.32 Å². The van der Waals surface area contributed by atoms with Gasteiger partial charge in [-0.05, 0) is 25.7 Å². The van der Waals surface area contributed by atoms with E-state index in [0.717, 1.165) is 25.7 Å². The number of carbonyl (C=O) groups excluding carboxylic acids is 1. The van der Waals surface area contributed by atoms with Crippen LogP contribution in [-0.2, 0) is 9.59 Å². The zero-order chi connectivity index (χ0) is 15.3. The number of carboxylic acid groups (broad SMARTS) is 1. The first-order valence-electron chi connectivity index (χ1n) is 7.84. The van der Waals surface area contributed by atoms with Gasteiger partial charge < -0.3 is 15.5 Å². The number of aliphatic carboxylic acids is 1. The molecule has 2 unspecified atom stereocenters. The summed E-state index contributed by atoms with van der Waals surface area (Å²) in [4.78, 5) is 23.6. The molecule has 2 aliphatic carbocycles. The summed E-state index contributed by atoms with van der Waals surface area (Å²) in [6.45, 7) is 0.537. The first-order chi connectivity index (χ1) is 10.1. The van der Waals surface area contributed by atoms with Crippen LogP contribution in [-0.4, -0.2) is 35.2 Å². The number of hydrogen-bond donors (Lipinski definition) is 3. The maximum atomic E-state index is 12.3. The van der Waals surface area contributed by atoms with Gasteiger partial charge in [-0.2, -0.15) is 0 Å². The number of aliphatic hydroxyl groups excluding tert-OH is 1. The Morgan fingerprint density at radius 1 is 1.10 bits per heavy atom. The molecule has 5 heteroatoms. The number of carbonyl (C=O) groups is 2. The third kappa shape index (κ3) is 3.84. The van der Waals surface area contributed by atoms with Gasteiger partial charge in [-0.1, -0.05) is 31.4 Å². The number of nitrogens with one attached hydrogen (secondary N) is 1. The maximum absolute atomic E-state index is 12.3. The van der Waals surface area contributed by atoms with E-state index in [0.29, 0.717) is 19.4 Å². The van der Waals surface area contributed by atoms with Crippen LogP contribution < -0.4 is 5.32 Å². The van der Waals surface area contributed by atoms with E-state index in [1.165, 1.54) is 6.42 Å². The maximum Gasteiger partial charge on any atom is 0.307 e. The van der Waals surface area contributed by atoms with Crippen molar-refractivity contribution >= 4 is 11.9 Å². The summed E-state index contributed by atoms with van der Waals surface area (Å²) in [6.07, 6.45) is 9.82. The standard InChI is InChI=1S/C16H25NO4/c18-11-16(8-4-1-5-9-16)10-17-14(19)12-6-2-3-7-13(12)15(20)21/h2-3,12-13,18H,1,4-11H2,(H,17,19)(H,20,21). The second-order valence-electron chi connectivity index (χ2n) is 6.43. The Bertz CT molecular complexity index is 413. The number of rotatable bonds is 5. The van der Waals surface area contributed by atoms with Crippen LogP contribution in [0.2, 0.25) is 0 Å². The zero-order valence-electron chi connectivity index (χ0n) is 12.4. The summed E-state index contributed by atoms with van der Waals surface area (Å²) in [7, 11) is 0. The van der Waals surface area contributed by atoms with Crippen molar-refractivity contribution in [3.8, 4) is 0 Å². The lowest BCUT2D eigenvalue weighted by molar-refractivity contribution is -0.147. The summed E-state index contributed by atoms with van der Waals surface area (Å²) in [6, 6.07) is 0. The predicted octanol–water partition coefficient (Wildman–Crippen LogP) is 1.71. The molecule has 2 rings (SSSR count). The summed E-state index contributed by atoms with van der Waals surface area (Å²) in [5.74, 6) is -2.22. The molecule has 0 heterocycles. The number of allylic oxidation sites excluding steroid dienone is 2. The second-order valence-corrected chi connectivity index (χ2v) is 6.43. The molecule has 0 aliphatic heterocycles. The fraction of sp³-hybridized carbons (Fsp3) is 0.750. The molecule has 0 bridgehead atoms.